The fourth-order valence-electron chi connectivity index (χ4n) is 2.99. The molecule has 20 heavy (non-hydrogen) atoms. The standard InChI is InChI=1S/C14H21N3O3/c1-4-9-5-10(11(6-9)14(19)20)13(18)15-12-7-17(3)16-8(12)2/h7,9-11H,4-6H2,1-3H3,(H,15,18)(H,19,20)/t9?,10-,11+/m0/s1. The zero-order valence-corrected chi connectivity index (χ0v) is 12.1. The van der Waals surface area contributed by atoms with Crippen molar-refractivity contribution >= 4 is 17.6 Å². The van der Waals surface area contributed by atoms with Gasteiger partial charge in [-0.15, -0.1) is 0 Å². The number of carbonyl (C=O) groups excluding carboxylic acids is 1. The van der Waals surface area contributed by atoms with E-state index in [9.17, 15) is 14.7 Å². The Morgan fingerprint density at radius 1 is 1.45 bits per heavy atom. The summed E-state index contributed by atoms with van der Waals surface area (Å²) < 4.78 is 1.63. The number of nitrogens with zero attached hydrogens (tertiary/aromatic N) is 2. The number of aliphatic carboxylic acids is 1. The molecule has 0 bridgehead atoms. The first kappa shape index (κ1) is 14.6. The second-order valence-corrected chi connectivity index (χ2v) is 5.59. The van der Waals surface area contributed by atoms with Crippen LogP contribution in [-0.4, -0.2) is 26.8 Å². The average molecular weight is 279 g/mol. The second kappa shape index (κ2) is 5.64. The van der Waals surface area contributed by atoms with Crippen molar-refractivity contribution in [3.05, 3.63) is 11.9 Å². The van der Waals surface area contributed by atoms with E-state index in [0.717, 1.165) is 12.1 Å². The number of aromatic nitrogens is 2. The van der Waals surface area contributed by atoms with E-state index in [4.69, 9.17) is 0 Å². The molecule has 6 heteroatoms. The Morgan fingerprint density at radius 2 is 2.10 bits per heavy atom. The predicted octanol–water partition coefficient (Wildman–Crippen LogP) is 1.80. The summed E-state index contributed by atoms with van der Waals surface area (Å²) in [4.78, 5) is 23.6. The van der Waals surface area contributed by atoms with Crippen LogP contribution in [0.1, 0.15) is 31.9 Å². The lowest BCUT2D eigenvalue weighted by molar-refractivity contribution is -0.145. The molecule has 6 nitrogen and oxygen atoms in total. The highest BCUT2D eigenvalue weighted by Gasteiger charge is 2.42. The molecule has 1 amide bonds. The molecule has 2 rings (SSSR count). The molecular weight excluding hydrogens is 258 g/mol. The van der Waals surface area contributed by atoms with Gasteiger partial charge < -0.3 is 10.4 Å². The quantitative estimate of drug-likeness (QED) is 0.880. The van der Waals surface area contributed by atoms with Gasteiger partial charge in [0.2, 0.25) is 5.91 Å². The topological polar surface area (TPSA) is 84.2 Å². The fraction of sp³-hybridized carbons (Fsp3) is 0.643. The van der Waals surface area contributed by atoms with Crippen molar-refractivity contribution in [1.29, 1.82) is 0 Å². The number of hydrogen-bond donors (Lipinski definition) is 2. The van der Waals surface area contributed by atoms with Crippen molar-refractivity contribution in [2.45, 2.75) is 33.1 Å². The molecule has 0 aromatic carbocycles. The number of carbonyl (C=O) groups is 2. The van der Waals surface area contributed by atoms with Crippen LogP contribution in [0.3, 0.4) is 0 Å². The van der Waals surface area contributed by atoms with Gasteiger partial charge in [0.05, 0.1) is 23.2 Å². The van der Waals surface area contributed by atoms with Crippen LogP contribution in [0.15, 0.2) is 6.20 Å². The van der Waals surface area contributed by atoms with Gasteiger partial charge in [-0.3, -0.25) is 14.3 Å². The van der Waals surface area contributed by atoms with Gasteiger partial charge in [0.1, 0.15) is 0 Å². The predicted molar refractivity (Wildman–Crippen MR) is 74.2 cm³/mol. The monoisotopic (exact) mass is 279 g/mol. The van der Waals surface area contributed by atoms with Gasteiger partial charge in [0.15, 0.2) is 0 Å². The van der Waals surface area contributed by atoms with Crippen LogP contribution in [-0.2, 0) is 16.6 Å². The van der Waals surface area contributed by atoms with Crippen molar-refractivity contribution in [3.8, 4) is 0 Å². The van der Waals surface area contributed by atoms with Gasteiger partial charge in [0, 0.05) is 13.2 Å². The number of aryl methyl sites for hydroxylation is 2. The maximum atomic E-state index is 12.3. The molecule has 1 aromatic rings. The van der Waals surface area contributed by atoms with Gasteiger partial charge in [-0.1, -0.05) is 13.3 Å². The highest BCUT2D eigenvalue weighted by molar-refractivity contribution is 5.95. The normalized spacial score (nSPS) is 25.6. The molecule has 2 N–H and O–H groups in total. The number of anilines is 1. The van der Waals surface area contributed by atoms with E-state index >= 15 is 0 Å². The minimum atomic E-state index is -0.871. The van der Waals surface area contributed by atoms with Crippen molar-refractivity contribution in [2.75, 3.05) is 5.32 Å². The second-order valence-electron chi connectivity index (χ2n) is 5.59. The van der Waals surface area contributed by atoms with Crippen LogP contribution < -0.4 is 5.32 Å². The molecule has 0 aliphatic heterocycles. The Balaban J connectivity index is 2.11. The minimum absolute atomic E-state index is 0.204. The Bertz CT molecular complexity index is 524. The van der Waals surface area contributed by atoms with E-state index in [1.165, 1.54) is 0 Å². The van der Waals surface area contributed by atoms with Crippen LogP contribution in [0, 0.1) is 24.7 Å². The Hall–Kier alpha value is -1.85. The molecule has 1 fully saturated rings. The molecule has 1 aliphatic rings. The van der Waals surface area contributed by atoms with Crippen LogP contribution in [0.25, 0.3) is 0 Å². The molecule has 0 spiro atoms. The van der Waals surface area contributed by atoms with E-state index in [1.807, 2.05) is 13.8 Å². The molecule has 0 saturated heterocycles. The summed E-state index contributed by atoms with van der Waals surface area (Å²) in [5.41, 5.74) is 1.39. The van der Waals surface area contributed by atoms with Crippen LogP contribution in [0.2, 0.25) is 0 Å². The van der Waals surface area contributed by atoms with Crippen LogP contribution in [0.5, 0.6) is 0 Å². The highest BCUT2D eigenvalue weighted by Crippen LogP contribution is 2.39. The van der Waals surface area contributed by atoms with E-state index in [1.54, 1.807) is 17.9 Å². The Kier molecular flexibility index (Phi) is 4.11. The molecule has 1 saturated carbocycles. The lowest BCUT2D eigenvalue weighted by atomic mass is 9.95. The first-order valence-corrected chi connectivity index (χ1v) is 6.96. The third-order valence-corrected chi connectivity index (χ3v) is 4.16. The third-order valence-electron chi connectivity index (χ3n) is 4.16. The largest absolute Gasteiger partial charge is 0.481 e. The summed E-state index contributed by atoms with van der Waals surface area (Å²) in [5, 5.41) is 16.3. The zero-order valence-electron chi connectivity index (χ0n) is 12.1. The van der Waals surface area contributed by atoms with Gasteiger partial charge >= 0.3 is 5.97 Å². The van der Waals surface area contributed by atoms with Crippen LogP contribution >= 0.6 is 0 Å². The summed E-state index contributed by atoms with van der Waals surface area (Å²) in [6.07, 6.45) is 3.89. The molecule has 110 valence electrons. The number of carboxylic acid groups (broad SMARTS) is 1. The Morgan fingerprint density at radius 3 is 2.60 bits per heavy atom. The Labute approximate surface area is 118 Å². The smallest absolute Gasteiger partial charge is 0.307 e. The third kappa shape index (κ3) is 2.84. The zero-order chi connectivity index (χ0) is 14.9. The summed E-state index contributed by atoms with van der Waals surface area (Å²) >= 11 is 0. The molecule has 1 aromatic heterocycles. The van der Waals surface area contributed by atoms with Crippen molar-refractivity contribution in [3.63, 3.8) is 0 Å². The molecule has 0 radical (unpaired) electrons. The summed E-state index contributed by atoms with van der Waals surface area (Å²) in [5.74, 6) is -1.77. The number of amides is 1. The molecule has 1 heterocycles. The number of rotatable bonds is 4. The maximum absolute atomic E-state index is 12.3. The van der Waals surface area contributed by atoms with Crippen molar-refractivity contribution in [2.24, 2.45) is 24.8 Å². The first-order chi connectivity index (χ1) is 9.42. The average Bonchev–Trinajstić information content (AvgIpc) is 2.93. The lowest BCUT2D eigenvalue weighted by Crippen LogP contribution is -2.30. The van der Waals surface area contributed by atoms with Gasteiger partial charge in [-0.25, -0.2) is 0 Å². The van der Waals surface area contributed by atoms with E-state index in [0.29, 0.717) is 24.4 Å². The summed E-state index contributed by atoms with van der Waals surface area (Å²) in [6, 6.07) is 0. The molecular formula is C14H21N3O3. The molecule has 1 unspecified atom stereocenters. The number of nitrogens with one attached hydrogen (secondary N) is 1. The molecule has 3 atom stereocenters. The van der Waals surface area contributed by atoms with Crippen molar-refractivity contribution in [1.82, 2.24) is 9.78 Å². The maximum Gasteiger partial charge on any atom is 0.307 e. The number of hydrogen-bond acceptors (Lipinski definition) is 3. The number of carboxylic acids is 1. The van der Waals surface area contributed by atoms with Crippen molar-refractivity contribution < 1.29 is 14.7 Å². The van der Waals surface area contributed by atoms with Gasteiger partial charge in [0.25, 0.3) is 0 Å². The van der Waals surface area contributed by atoms with E-state index in [2.05, 4.69) is 10.4 Å². The fourth-order valence-corrected chi connectivity index (χ4v) is 2.99. The summed E-state index contributed by atoms with van der Waals surface area (Å²) in [7, 11) is 1.78. The van der Waals surface area contributed by atoms with Gasteiger partial charge in [-0.05, 0) is 25.7 Å². The van der Waals surface area contributed by atoms with E-state index in [-0.39, 0.29) is 5.91 Å². The van der Waals surface area contributed by atoms with Gasteiger partial charge in [-0.2, -0.15) is 5.10 Å². The van der Waals surface area contributed by atoms with Crippen LogP contribution in [0.4, 0.5) is 5.69 Å². The molecule has 1 aliphatic carbocycles. The minimum Gasteiger partial charge on any atom is -0.481 e. The summed E-state index contributed by atoms with van der Waals surface area (Å²) in [6.45, 7) is 3.85. The lowest BCUT2D eigenvalue weighted by Gasteiger charge is -2.15. The first-order valence-electron chi connectivity index (χ1n) is 6.96. The SMILES string of the molecule is CCC1C[C@H](C(=O)Nc2cn(C)nc2C)[C@H](C(=O)O)C1. The van der Waals surface area contributed by atoms with E-state index < -0.39 is 17.8 Å². The highest BCUT2D eigenvalue weighted by atomic mass is 16.4.